The predicted molar refractivity (Wildman–Crippen MR) is 118 cm³/mol. The van der Waals surface area contributed by atoms with Crippen molar-refractivity contribution in [2.75, 3.05) is 19.0 Å². The largest absolute Gasteiger partial charge is 0.482 e. The number of anilines is 2. The molecule has 0 atom stereocenters. The third-order valence-electron chi connectivity index (χ3n) is 4.86. The summed E-state index contributed by atoms with van der Waals surface area (Å²) in [5.41, 5.74) is 2.42. The molecule has 0 aliphatic carbocycles. The number of benzene rings is 1. The first kappa shape index (κ1) is 19.3. The van der Waals surface area contributed by atoms with Gasteiger partial charge in [0.25, 0.3) is 5.91 Å². The van der Waals surface area contributed by atoms with Gasteiger partial charge in [0.15, 0.2) is 6.61 Å². The minimum absolute atomic E-state index is 0.0191. The molecule has 1 aliphatic heterocycles. The average molecular weight is 433 g/mol. The van der Waals surface area contributed by atoms with E-state index >= 15 is 0 Å². The number of para-hydroxylation sites is 1. The van der Waals surface area contributed by atoms with Gasteiger partial charge in [-0.25, -0.2) is 15.0 Å². The molecule has 4 aromatic rings. The molecule has 0 radical (unpaired) electrons. The molecule has 8 nitrogen and oxygen atoms in total. The second-order valence-corrected chi connectivity index (χ2v) is 8.08. The number of hydrogen-bond donors (Lipinski definition) is 1. The van der Waals surface area contributed by atoms with Crippen LogP contribution in [0.1, 0.15) is 10.7 Å². The van der Waals surface area contributed by atoms with Crippen molar-refractivity contribution in [3.63, 3.8) is 0 Å². The molecule has 0 unspecified atom stereocenters. The number of hydrogen-bond acceptors (Lipinski definition) is 8. The van der Waals surface area contributed by atoms with Crippen LogP contribution in [0.4, 0.5) is 11.5 Å². The summed E-state index contributed by atoms with van der Waals surface area (Å²) in [6.07, 6.45) is 1.67. The lowest BCUT2D eigenvalue weighted by Gasteiger charge is -2.18. The fraction of sp³-hybridized carbons (Fsp3) is 0.182. The Morgan fingerprint density at radius 1 is 1.16 bits per heavy atom. The molecule has 1 N–H and O–H groups in total. The van der Waals surface area contributed by atoms with Crippen molar-refractivity contribution in [3.05, 3.63) is 65.4 Å². The van der Waals surface area contributed by atoms with Crippen molar-refractivity contribution in [1.82, 2.24) is 19.9 Å². The van der Waals surface area contributed by atoms with Gasteiger partial charge in [0.05, 0.1) is 42.3 Å². The number of fused-ring (bicyclic) bond motifs is 2. The highest BCUT2D eigenvalue weighted by Crippen LogP contribution is 2.28. The second-order valence-electron chi connectivity index (χ2n) is 6.97. The second kappa shape index (κ2) is 8.19. The van der Waals surface area contributed by atoms with Crippen LogP contribution < -0.4 is 14.8 Å². The predicted octanol–water partition coefficient (Wildman–Crippen LogP) is 3.76. The molecule has 1 aromatic carbocycles. The SMILES string of the molecule is COc1ccc(Nc2ccc3c(n2)CN(Cc2nc4ccccc4s2)C(=O)CO3)cn1. The van der Waals surface area contributed by atoms with Crippen molar-refractivity contribution in [2.24, 2.45) is 0 Å². The van der Waals surface area contributed by atoms with Gasteiger partial charge in [0, 0.05) is 6.07 Å². The summed E-state index contributed by atoms with van der Waals surface area (Å²) >= 11 is 1.59. The maximum Gasteiger partial charge on any atom is 0.261 e. The molecule has 3 aromatic heterocycles. The van der Waals surface area contributed by atoms with Crippen LogP contribution in [0.3, 0.4) is 0 Å². The topological polar surface area (TPSA) is 89.5 Å². The van der Waals surface area contributed by atoms with Crippen molar-refractivity contribution in [1.29, 1.82) is 0 Å². The van der Waals surface area contributed by atoms with Crippen LogP contribution in [-0.2, 0) is 17.9 Å². The number of rotatable bonds is 5. The lowest BCUT2D eigenvalue weighted by molar-refractivity contribution is -0.133. The molecular formula is C22H19N5O3S. The summed E-state index contributed by atoms with van der Waals surface area (Å²) in [5, 5.41) is 4.11. The highest BCUT2D eigenvalue weighted by molar-refractivity contribution is 7.18. The zero-order valence-corrected chi connectivity index (χ0v) is 17.6. The maximum absolute atomic E-state index is 12.7. The Balaban J connectivity index is 1.36. The standard InChI is InChI=1S/C22H19N5O3S/c1-29-20-9-6-14(10-23-20)24-19-8-7-17-16(25-19)11-27(22(28)13-30-17)12-21-26-15-4-2-3-5-18(15)31-21/h2-10H,11-13H2,1H3,(H,24,25). The Hall–Kier alpha value is -3.72. The number of carbonyl (C=O) groups excluding carboxylic acids is 1. The third kappa shape index (κ3) is 4.13. The normalized spacial score (nSPS) is 13.5. The van der Waals surface area contributed by atoms with E-state index in [1.807, 2.05) is 42.5 Å². The first-order chi connectivity index (χ1) is 15.2. The molecular weight excluding hydrogens is 414 g/mol. The minimum atomic E-state index is -0.0916. The number of carbonyl (C=O) groups is 1. The molecule has 31 heavy (non-hydrogen) atoms. The van der Waals surface area contributed by atoms with Crippen LogP contribution in [0.25, 0.3) is 10.2 Å². The number of ether oxygens (including phenoxy) is 2. The first-order valence-corrected chi connectivity index (χ1v) is 10.5. The molecule has 156 valence electrons. The van der Waals surface area contributed by atoms with E-state index in [0.717, 1.165) is 20.9 Å². The Bertz CT molecular complexity index is 1210. The monoisotopic (exact) mass is 433 g/mol. The molecule has 0 fully saturated rings. The quantitative estimate of drug-likeness (QED) is 0.513. The van der Waals surface area contributed by atoms with Crippen molar-refractivity contribution < 1.29 is 14.3 Å². The molecule has 5 rings (SSSR count). The highest BCUT2D eigenvalue weighted by atomic mass is 32.1. The van der Waals surface area contributed by atoms with E-state index in [4.69, 9.17) is 9.47 Å². The van der Waals surface area contributed by atoms with Gasteiger partial charge in [-0.1, -0.05) is 12.1 Å². The molecule has 0 saturated carbocycles. The Morgan fingerprint density at radius 2 is 2.06 bits per heavy atom. The maximum atomic E-state index is 12.7. The number of nitrogens with zero attached hydrogens (tertiary/aromatic N) is 4. The summed E-state index contributed by atoms with van der Waals surface area (Å²) in [5.74, 6) is 1.70. The summed E-state index contributed by atoms with van der Waals surface area (Å²) in [6, 6.07) is 15.2. The summed E-state index contributed by atoms with van der Waals surface area (Å²) in [7, 11) is 1.57. The fourth-order valence-electron chi connectivity index (χ4n) is 3.32. The molecule has 1 aliphatic rings. The lowest BCUT2D eigenvalue weighted by Crippen LogP contribution is -2.32. The first-order valence-electron chi connectivity index (χ1n) is 9.70. The number of amides is 1. The summed E-state index contributed by atoms with van der Waals surface area (Å²) < 4.78 is 11.9. The van der Waals surface area contributed by atoms with Crippen LogP contribution in [-0.4, -0.2) is 39.5 Å². The highest BCUT2D eigenvalue weighted by Gasteiger charge is 2.24. The number of aromatic nitrogens is 3. The van der Waals surface area contributed by atoms with E-state index in [2.05, 4.69) is 20.3 Å². The van der Waals surface area contributed by atoms with Crippen molar-refractivity contribution in [3.8, 4) is 11.6 Å². The number of nitrogens with one attached hydrogen (secondary N) is 1. The van der Waals surface area contributed by atoms with Gasteiger partial charge in [0.2, 0.25) is 5.88 Å². The fourth-order valence-corrected chi connectivity index (χ4v) is 4.30. The smallest absolute Gasteiger partial charge is 0.261 e. The number of pyridine rings is 2. The van der Waals surface area contributed by atoms with Gasteiger partial charge in [-0.2, -0.15) is 0 Å². The van der Waals surface area contributed by atoms with Gasteiger partial charge in [-0.15, -0.1) is 11.3 Å². The van der Waals surface area contributed by atoms with Crippen LogP contribution in [0, 0.1) is 0 Å². The Labute approximate surface area is 182 Å². The number of methoxy groups -OCH3 is 1. The molecule has 4 heterocycles. The number of thiazole rings is 1. The van der Waals surface area contributed by atoms with E-state index < -0.39 is 0 Å². The molecule has 0 bridgehead atoms. The minimum Gasteiger partial charge on any atom is -0.482 e. The van der Waals surface area contributed by atoms with Gasteiger partial charge in [-0.05, 0) is 30.3 Å². The lowest BCUT2D eigenvalue weighted by atomic mass is 10.3. The van der Waals surface area contributed by atoms with Crippen LogP contribution in [0.5, 0.6) is 11.6 Å². The van der Waals surface area contributed by atoms with Crippen LogP contribution in [0.15, 0.2) is 54.7 Å². The van der Waals surface area contributed by atoms with Gasteiger partial charge < -0.3 is 19.7 Å². The molecule has 0 saturated heterocycles. The molecule has 1 amide bonds. The molecule has 0 spiro atoms. The third-order valence-corrected chi connectivity index (χ3v) is 5.88. The summed E-state index contributed by atoms with van der Waals surface area (Å²) in [4.78, 5) is 27.9. The van der Waals surface area contributed by atoms with Crippen molar-refractivity contribution in [2.45, 2.75) is 13.1 Å². The van der Waals surface area contributed by atoms with E-state index in [1.165, 1.54) is 0 Å². The van der Waals surface area contributed by atoms with Crippen LogP contribution in [0.2, 0.25) is 0 Å². The van der Waals surface area contributed by atoms with Gasteiger partial charge in [0.1, 0.15) is 22.3 Å². The van der Waals surface area contributed by atoms with E-state index in [-0.39, 0.29) is 12.5 Å². The zero-order valence-electron chi connectivity index (χ0n) is 16.7. The van der Waals surface area contributed by atoms with E-state index in [1.54, 1.807) is 35.6 Å². The van der Waals surface area contributed by atoms with Crippen LogP contribution >= 0.6 is 11.3 Å². The van der Waals surface area contributed by atoms with E-state index in [9.17, 15) is 4.79 Å². The Morgan fingerprint density at radius 3 is 2.87 bits per heavy atom. The Kier molecular flexibility index (Phi) is 5.09. The average Bonchev–Trinajstić information content (AvgIpc) is 3.14. The zero-order chi connectivity index (χ0) is 21.2. The van der Waals surface area contributed by atoms with Crippen molar-refractivity contribution >= 4 is 39.0 Å². The van der Waals surface area contributed by atoms with Gasteiger partial charge >= 0.3 is 0 Å². The summed E-state index contributed by atoms with van der Waals surface area (Å²) in [6.45, 7) is 0.748. The van der Waals surface area contributed by atoms with E-state index in [0.29, 0.717) is 36.2 Å². The van der Waals surface area contributed by atoms with Gasteiger partial charge in [-0.3, -0.25) is 4.79 Å². The molecule has 9 heteroatoms.